The van der Waals surface area contributed by atoms with Crippen molar-refractivity contribution in [1.82, 2.24) is 9.97 Å². The van der Waals surface area contributed by atoms with E-state index in [1.807, 2.05) is 19.1 Å². The lowest BCUT2D eigenvalue weighted by Crippen LogP contribution is -2.28. The quantitative estimate of drug-likeness (QED) is 0.704. The minimum Gasteiger partial charge on any atom is -0.324 e. The van der Waals surface area contributed by atoms with Crippen LogP contribution in [0.15, 0.2) is 35.6 Å². The summed E-state index contributed by atoms with van der Waals surface area (Å²) in [6, 6.07) is 7.88. The van der Waals surface area contributed by atoms with Gasteiger partial charge >= 0.3 is 0 Å². The minimum absolute atomic E-state index is 0.0956. The lowest BCUT2D eigenvalue weighted by Gasteiger charge is -2.34. The van der Waals surface area contributed by atoms with Crippen molar-refractivity contribution in [3.05, 3.63) is 47.4 Å². The number of nitrogens with one attached hydrogen (secondary N) is 1. The maximum atomic E-state index is 12.7. The number of nitriles is 1. The van der Waals surface area contributed by atoms with Gasteiger partial charge in [-0.1, -0.05) is 39.5 Å². The van der Waals surface area contributed by atoms with Crippen molar-refractivity contribution < 1.29 is 4.79 Å². The highest BCUT2D eigenvalue weighted by atomic mass is 32.2. The third-order valence-electron chi connectivity index (χ3n) is 5.54. The molecule has 152 valence electrons. The van der Waals surface area contributed by atoms with Gasteiger partial charge in [0.1, 0.15) is 11.1 Å². The number of anilines is 1. The van der Waals surface area contributed by atoms with Crippen molar-refractivity contribution in [1.29, 1.82) is 5.26 Å². The number of thioether (sulfide) groups is 1. The normalized spacial score (nSPS) is 17.1. The van der Waals surface area contributed by atoms with Gasteiger partial charge in [-0.2, -0.15) is 5.26 Å². The molecule has 0 fully saturated rings. The van der Waals surface area contributed by atoms with E-state index in [1.165, 1.54) is 17.3 Å². The first-order chi connectivity index (χ1) is 13.8. The van der Waals surface area contributed by atoms with Crippen molar-refractivity contribution in [3.63, 3.8) is 0 Å². The molecule has 2 atom stereocenters. The molecule has 0 saturated heterocycles. The molecule has 2 aromatic rings. The number of aromatic nitrogens is 2. The predicted octanol–water partition coefficient (Wildman–Crippen LogP) is 5.01. The first-order valence-electron chi connectivity index (χ1n) is 10.1. The van der Waals surface area contributed by atoms with Crippen LogP contribution in [0.2, 0.25) is 0 Å². The Labute approximate surface area is 177 Å². The fraction of sp³-hybridized carbons (Fsp3) is 0.478. The summed E-state index contributed by atoms with van der Waals surface area (Å²) < 4.78 is 0. The van der Waals surface area contributed by atoms with Gasteiger partial charge in [-0.15, -0.1) is 0 Å². The number of aryl methyl sites for hydroxylation is 1. The van der Waals surface area contributed by atoms with E-state index in [0.717, 1.165) is 25.0 Å². The van der Waals surface area contributed by atoms with Crippen molar-refractivity contribution in [3.8, 4) is 6.07 Å². The van der Waals surface area contributed by atoms with Gasteiger partial charge in [0.2, 0.25) is 5.91 Å². The standard InChI is InChI=1S/C23H28N4OS/c1-5-20(21(28)26-18-7-6-10-25-14-18)29-22-16(13-24)11-15-12-17(23(2,3)4)8-9-19(15)27-22/h6-7,10-11,14,17,20H,5,8-9,12H2,1-4H3,(H,26,28). The molecule has 2 aromatic heterocycles. The van der Waals surface area contributed by atoms with Crippen LogP contribution >= 0.6 is 11.8 Å². The molecule has 0 aliphatic heterocycles. The average Bonchev–Trinajstić information content (AvgIpc) is 2.70. The van der Waals surface area contributed by atoms with Crippen LogP contribution in [0.5, 0.6) is 0 Å². The monoisotopic (exact) mass is 408 g/mol. The van der Waals surface area contributed by atoms with Crippen LogP contribution in [0.3, 0.4) is 0 Å². The Morgan fingerprint density at radius 3 is 2.86 bits per heavy atom. The van der Waals surface area contributed by atoms with Gasteiger partial charge in [0, 0.05) is 11.9 Å². The lowest BCUT2D eigenvalue weighted by molar-refractivity contribution is -0.115. The molecule has 0 spiro atoms. The number of pyridine rings is 2. The molecular formula is C23H28N4OS. The average molecular weight is 409 g/mol. The van der Waals surface area contributed by atoms with Gasteiger partial charge in [-0.3, -0.25) is 9.78 Å². The Hall–Kier alpha value is -2.39. The summed E-state index contributed by atoms with van der Waals surface area (Å²) in [6.07, 6.45) is 6.94. The number of hydrogen-bond donors (Lipinski definition) is 1. The topological polar surface area (TPSA) is 78.7 Å². The molecule has 6 heteroatoms. The van der Waals surface area contributed by atoms with Gasteiger partial charge in [-0.25, -0.2) is 4.98 Å². The molecule has 1 aliphatic rings. The molecule has 1 amide bonds. The van der Waals surface area contributed by atoms with E-state index in [4.69, 9.17) is 4.98 Å². The zero-order chi connectivity index (χ0) is 21.0. The fourth-order valence-electron chi connectivity index (χ4n) is 3.67. The maximum Gasteiger partial charge on any atom is 0.237 e. The molecule has 29 heavy (non-hydrogen) atoms. The largest absolute Gasteiger partial charge is 0.324 e. The first-order valence-corrected chi connectivity index (χ1v) is 11.0. The Kier molecular flexibility index (Phi) is 6.59. The fourth-order valence-corrected chi connectivity index (χ4v) is 4.67. The molecule has 0 aromatic carbocycles. The molecule has 1 N–H and O–H groups in total. The Balaban J connectivity index is 1.80. The Bertz CT molecular complexity index is 915. The molecule has 0 bridgehead atoms. The van der Waals surface area contributed by atoms with Crippen LogP contribution in [-0.2, 0) is 17.6 Å². The second-order valence-corrected chi connectivity index (χ2v) is 9.80. The second kappa shape index (κ2) is 8.96. The van der Waals surface area contributed by atoms with Crippen LogP contribution in [0, 0.1) is 22.7 Å². The summed E-state index contributed by atoms with van der Waals surface area (Å²) >= 11 is 1.38. The molecule has 5 nitrogen and oxygen atoms in total. The molecule has 2 unspecified atom stereocenters. The predicted molar refractivity (Wildman–Crippen MR) is 117 cm³/mol. The summed E-state index contributed by atoms with van der Waals surface area (Å²) in [7, 11) is 0. The van der Waals surface area contributed by atoms with E-state index in [9.17, 15) is 10.1 Å². The number of hydrogen-bond acceptors (Lipinski definition) is 5. The molecule has 0 saturated carbocycles. The molecule has 1 aliphatic carbocycles. The number of nitrogens with zero attached hydrogens (tertiary/aromatic N) is 3. The maximum absolute atomic E-state index is 12.7. The summed E-state index contributed by atoms with van der Waals surface area (Å²) in [4.78, 5) is 21.6. The third kappa shape index (κ3) is 5.16. The van der Waals surface area contributed by atoms with Gasteiger partial charge in [0.25, 0.3) is 0 Å². The minimum atomic E-state index is -0.321. The summed E-state index contributed by atoms with van der Waals surface area (Å²) in [5, 5.41) is 12.9. The highest BCUT2D eigenvalue weighted by Gasteiger charge is 2.30. The Morgan fingerprint density at radius 1 is 1.45 bits per heavy atom. The smallest absolute Gasteiger partial charge is 0.237 e. The van der Waals surface area contributed by atoms with Gasteiger partial charge in [0.15, 0.2) is 0 Å². The number of carbonyl (C=O) groups excluding carboxylic acids is 1. The first kappa shape index (κ1) is 21.3. The lowest BCUT2D eigenvalue weighted by atomic mass is 9.71. The van der Waals surface area contributed by atoms with Crippen LogP contribution in [0.25, 0.3) is 0 Å². The number of carbonyl (C=O) groups is 1. The number of amides is 1. The highest BCUT2D eigenvalue weighted by molar-refractivity contribution is 8.00. The van der Waals surface area contributed by atoms with E-state index in [-0.39, 0.29) is 16.6 Å². The van der Waals surface area contributed by atoms with E-state index >= 15 is 0 Å². The SMILES string of the molecule is CCC(Sc1nc2c(cc1C#N)CC(C(C)(C)C)CC2)C(=O)Nc1cccnc1. The van der Waals surface area contributed by atoms with E-state index in [0.29, 0.717) is 28.6 Å². The number of fused-ring (bicyclic) bond motifs is 1. The van der Waals surface area contributed by atoms with Crippen LogP contribution in [0.4, 0.5) is 5.69 Å². The van der Waals surface area contributed by atoms with Gasteiger partial charge in [-0.05, 0) is 60.8 Å². The molecular weight excluding hydrogens is 380 g/mol. The van der Waals surface area contributed by atoms with E-state index in [2.05, 4.69) is 37.1 Å². The molecule has 0 radical (unpaired) electrons. The van der Waals surface area contributed by atoms with E-state index in [1.54, 1.807) is 18.5 Å². The second-order valence-electron chi connectivity index (χ2n) is 8.61. The van der Waals surface area contributed by atoms with Crippen molar-refractivity contribution >= 4 is 23.4 Å². The third-order valence-corrected chi connectivity index (χ3v) is 6.91. The highest BCUT2D eigenvalue weighted by Crippen LogP contribution is 2.38. The summed E-state index contributed by atoms with van der Waals surface area (Å²) in [5.74, 6) is 0.497. The molecule has 2 heterocycles. The van der Waals surface area contributed by atoms with Crippen molar-refractivity contribution in [2.75, 3.05) is 5.32 Å². The van der Waals surface area contributed by atoms with E-state index < -0.39 is 0 Å². The zero-order valence-electron chi connectivity index (χ0n) is 17.5. The van der Waals surface area contributed by atoms with Crippen LogP contribution in [-0.4, -0.2) is 21.1 Å². The summed E-state index contributed by atoms with van der Waals surface area (Å²) in [6.45, 7) is 8.80. The summed E-state index contributed by atoms with van der Waals surface area (Å²) in [5.41, 5.74) is 3.74. The zero-order valence-corrected chi connectivity index (χ0v) is 18.3. The van der Waals surface area contributed by atoms with Gasteiger partial charge in [0.05, 0.1) is 22.7 Å². The van der Waals surface area contributed by atoms with Gasteiger partial charge < -0.3 is 5.32 Å². The van der Waals surface area contributed by atoms with Crippen molar-refractivity contribution in [2.24, 2.45) is 11.3 Å². The van der Waals surface area contributed by atoms with Crippen LogP contribution < -0.4 is 5.32 Å². The molecule has 3 rings (SSSR count). The number of rotatable bonds is 5. The Morgan fingerprint density at radius 2 is 2.24 bits per heavy atom. The van der Waals surface area contributed by atoms with Crippen molar-refractivity contribution in [2.45, 2.75) is 63.7 Å². The van der Waals surface area contributed by atoms with Crippen LogP contribution in [0.1, 0.15) is 57.4 Å².